The molecule has 2 N–H and O–H groups in total. The van der Waals surface area contributed by atoms with Crippen LogP contribution < -0.4 is 5.32 Å². The summed E-state index contributed by atoms with van der Waals surface area (Å²) < 4.78 is 5.51. The summed E-state index contributed by atoms with van der Waals surface area (Å²) in [5, 5.41) is 14.1. The molecule has 0 bridgehead atoms. The molecular weight excluding hydrogens is 454 g/mol. The van der Waals surface area contributed by atoms with Crippen molar-refractivity contribution in [1.82, 2.24) is 15.2 Å². The summed E-state index contributed by atoms with van der Waals surface area (Å²) in [6.45, 7) is 3.19. The number of carboxylic acid groups (broad SMARTS) is 1. The van der Waals surface area contributed by atoms with Crippen molar-refractivity contribution in [2.75, 3.05) is 13.7 Å². The van der Waals surface area contributed by atoms with Gasteiger partial charge >= 0.3 is 12.1 Å². The lowest BCUT2D eigenvalue weighted by Crippen LogP contribution is -2.50. The second-order valence-electron chi connectivity index (χ2n) is 8.53. The molecule has 1 aliphatic carbocycles. The third-order valence-corrected chi connectivity index (χ3v) is 7.01. The summed E-state index contributed by atoms with van der Waals surface area (Å²) in [6, 6.07) is 16.2. The second-order valence-corrected chi connectivity index (χ2v) is 9.48. The summed E-state index contributed by atoms with van der Waals surface area (Å²) in [5.41, 5.74) is 3.33. The maximum absolute atomic E-state index is 12.6. The van der Waals surface area contributed by atoms with Gasteiger partial charge in [0.05, 0.1) is 6.54 Å². The van der Waals surface area contributed by atoms with E-state index in [0.717, 1.165) is 27.2 Å². The fourth-order valence-corrected chi connectivity index (χ4v) is 4.56. The Morgan fingerprint density at radius 1 is 1.09 bits per heavy atom. The highest BCUT2D eigenvalue weighted by atomic mass is 32.1. The summed E-state index contributed by atoms with van der Waals surface area (Å²) in [4.78, 5) is 41.7. The molecular formula is C25H25N3O5S. The zero-order valence-corrected chi connectivity index (χ0v) is 19.9. The first-order valence-corrected chi connectivity index (χ1v) is 11.6. The van der Waals surface area contributed by atoms with Crippen LogP contribution in [0.1, 0.15) is 46.4 Å². The number of benzene rings is 2. The van der Waals surface area contributed by atoms with Crippen LogP contribution >= 0.6 is 11.3 Å². The molecule has 2 amide bonds. The van der Waals surface area contributed by atoms with E-state index in [1.807, 2.05) is 24.3 Å². The Bertz CT molecular complexity index is 1210. The lowest BCUT2D eigenvalue weighted by molar-refractivity contribution is -0.147. The topological polar surface area (TPSA) is 109 Å². The number of thiazole rings is 1. The van der Waals surface area contributed by atoms with Crippen LogP contribution in [0.4, 0.5) is 4.79 Å². The minimum Gasteiger partial charge on any atom is -0.480 e. The van der Waals surface area contributed by atoms with Gasteiger partial charge in [0.25, 0.3) is 5.91 Å². The van der Waals surface area contributed by atoms with E-state index in [1.54, 1.807) is 5.38 Å². The largest absolute Gasteiger partial charge is 0.480 e. The standard InChI is InChI=1S/C25H25N3O5S/c1-25(2,23(30)31)28(3)22(29)20-14-34-21(27-20)12-26-24(32)33-13-19-17-10-6-4-8-15(17)16-9-5-7-11-18(16)19/h4-11,14,19H,12-13H2,1-3H3,(H,26,32)(H,30,31). The van der Waals surface area contributed by atoms with Gasteiger partial charge in [0.15, 0.2) is 0 Å². The molecule has 0 radical (unpaired) electrons. The van der Waals surface area contributed by atoms with E-state index in [9.17, 15) is 19.5 Å². The molecule has 3 aromatic rings. The van der Waals surface area contributed by atoms with E-state index < -0.39 is 23.5 Å². The first-order chi connectivity index (χ1) is 16.2. The van der Waals surface area contributed by atoms with Crippen LogP contribution in [0.15, 0.2) is 53.9 Å². The smallest absolute Gasteiger partial charge is 0.407 e. The van der Waals surface area contributed by atoms with E-state index in [-0.39, 0.29) is 24.8 Å². The quantitative estimate of drug-likeness (QED) is 0.528. The van der Waals surface area contributed by atoms with Crippen molar-refractivity contribution in [1.29, 1.82) is 0 Å². The fourth-order valence-electron chi connectivity index (χ4n) is 3.86. The van der Waals surface area contributed by atoms with E-state index in [4.69, 9.17) is 4.74 Å². The fraction of sp³-hybridized carbons (Fsp3) is 0.280. The molecule has 8 nitrogen and oxygen atoms in total. The van der Waals surface area contributed by atoms with Gasteiger partial charge in [-0.15, -0.1) is 11.3 Å². The Labute approximate surface area is 201 Å². The monoisotopic (exact) mass is 479 g/mol. The first kappa shape index (κ1) is 23.4. The van der Waals surface area contributed by atoms with Crippen molar-refractivity contribution < 1.29 is 24.2 Å². The van der Waals surface area contributed by atoms with Gasteiger partial charge in [-0.25, -0.2) is 14.6 Å². The van der Waals surface area contributed by atoms with E-state index >= 15 is 0 Å². The summed E-state index contributed by atoms with van der Waals surface area (Å²) in [5.74, 6) is -1.65. The SMILES string of the molecule is CN(C(=O)c1csc(CNC(=O)OCC2c3ccccc3-c3ccccc32)n1)C(C)(C)C(=O)O. The number of carbonyl (C=O) groups excluding carboxylic acids is 2. The van der Waals surface area contributed by atoms with Crippen LogP contribution in [0.2, 0.25) is 0 Å². The molecule has 0 aliphatic heterocycles. The van der Waals surface area contributed by atoms with E-state index in [2.05, 4.69) is 34.6 Å². The zero-order valence-electron chi connectivity index (χ0n) is 19.1. The van der Waals surface area contributed by atoms with E-state index in [0.29, 0.717) is 5.01 Å². The number of carbonyl (C=O) groups is 3. The second kappa shape index (κ2) is 9.26. The number of aromatic nitrogens is 1. The highest BCUT2D eigenvalue weighted by molar-refractivity contribution is 7.09. The number of aliphatic carboxylic acids is 1. The van der Waals surface area contributed by atoms with Crippen LogP contribution in [-0.4, -0.2) is 52.2 Å². The minimum absolute atomic E-state index is 0.0321. The van der Waals surface area contributed by atoms with E-state index in [1.165, 1.54) is 32.2 Å². The molecule has 9 heteroatoms. The van der Waals surface area contributed by atoms with Crippen LogP contribution in [0.25, 0.3) is 11.1 Å². The summed E-state index contributed by atoms with van der Waals surface area (Å²) in [6.07, 6.45) is -0.575. The van der Waals surface area contributed by atoms with Crippen LogP contribution in [0.3, 0.4) is 0 Å². The van der Waals surface area contributed by atoms with Gasteiger partial charge in [-0.1, -0.05) is 48.5 Å². The predicted octanol–water partition coefficient (Wildman–Crippen LogP) is 4.12. The molecule has 0 unspecified atom stereocenters. The van der Waals surface area contributed by atoms with Gasteiger partial charge < -0.3 is 20.1 Å². The number of nitrogens with one attached hydrogen (secondary N) is 1. The number of carboxylic acids is 1. The molecule has 0 spiro atoms. The molecule has 1 aliphatic rings. The zero-order chi connectivity index (χ0) is 24.5. The van der Waals surface area contributed by atoms with Crippen LogP contribution in [0, 0.1) is 0 Å². The number of amides is 2. The average molecular weight is 480 g/mol. The number of hydrogen-bond acceptors (Lipinski definition) is 6. The number of rotatable bonds is 7. The highest BCUT2D eigenvalue weighted by Gasteiger charge is 2.36. The lowest BCUT2D eigenvalue weighted by atomic mass is 9.98. The average Bonchev–Trinajstić information content (AvgIpc) is 3.43. The maximum Gasteiger partial charge on any atom is 0.407 e. The molecule has 4 rings (SSSR count). The van der Waals surface area contributed by atoms with Gasteiger partial charge in [0.2, 0.25) is 0 Å². The maximum atomic E-state index is 12.6. The highest BCUT2D eigenvalue weighted by Crippen LogP contribution is 2.44. The summed E-state index contributed by atoms with van der Waals surface area (Å²) >= 11 is 1.20. The van der Waals surface area contributed by atoms with Gasteiger partial charge in [-0.05, 0) is 36.1 Å². The Morgan fingerprint density at radius 3 is 2.26 bits per heavy atom. The number of likely N-dealkylation sites (N-methyl/N-ethyl adjacent to an activating group) is 1. The van der Waals surface area contributed by atoms with Gasteiger partial charge in [0.1, 0.15) is 22.8 Å². The normalized spacial score (nSPS) is 12.6. The molecule has 0 saturated heterocycles. The predicted molar refractivity (Wildman–Crippen MR) is 128 cm³/mol. The molecule has 34 heavy (non-hydrogen) atoms. The van der Waals surface area contributed by atoms with Crippen molar-refractivity contribution in [2.45, 2.75) is 31.8 Å². The van der Waals surface area contributed by atoms with Gasteiger partial charge in [-0.2, -0.15) is 0 Å². The van der Waals surface area contributed by atoms with Crippen LogP contribution in [-0.2, 0) is 16.1 Å². The summed E-state index contributed by atoms with van der Waals surface area (Å²) in [7, 11) is 1.42. The van der Waals surface area contributed by atoms with Crippen molar-refractivity contribution >= 4 is 29.3 Å². The van der Waals surface area contributed by atoms with Crippen molar-refractivity contribution in [3.63, 3.8) is 0 Å². The number of hydrogen-bond donors (Lipinski definition) is 2. The van der Waals surface area contributed by atoms with Gasteiger partial charge in [-0.3, -0.25) is 4.79 Å². The molecule has 2 aromatic carbocycles. The van der Waals surface area contributed by atoms with Crippen molar-refractivity contribution in [3.8, 4) is 11.1 Å². The number of nitrogens with zero attached hydrogens (tertiary/aromatic N) is 2. The van der Waals surface area contributed by atoms with Gasteiger partial charge in [0, 0.05) is 18.3 Å². The molecule has 0 atom stereocenters. The number of fused-ring (bicyclic) bond motifs is 3. The molecule has 1 aromatic heterocycles. The third kappa shape index (κ3) is 4.38. The third-order valence-electron chi connectivity index (χ3n) is 6.17. The molecule has 0 saturated carbocycles. The molecule has 176 valence electrons. The van der Waals surface area contributed by atoms with Crippen LogP contribution in [0.5, 0.6) is 0 Å². The number of alkyl carbamates (subject to hydrolysis) is 1. The first-order valence-electron chi connectivity index (χ1n) is 10.7. The molecule has 0 fully saturated rings. The number of ether oxygens (including phenoxy) is 1. The van der Waals surface area contributed by atoms with Crippen molar-refractivity contribution in [2.24, 2.45) is 0 Å². The minimum atomic E-state index is -1.37. The Hall–Kier alpha value is -3.72. The lowest BCUT2D eigenvalue weighted by Gasteiger charge is -2.30. The Balaban J connectivity index is 1.34. The molecule has 1 heterocycles. The van der Waals surface area contributed by atoms with Crippen molar-refractivity contribution in [3.05, 3.63) is 75.7 Å². The Morgan fingerprint density at radius 2 is 1.68 bits per heavy atom. The Kier molecular flexibility index (Phi) is 6.39.